The van der Waals surface area contributed by atoms with Gasteiger partial charge in [-0.15, -0.1) is 0 Å². The molecule has 0 aliphatic rings. The summed E-state index contributed by atoms with van der Waals surface area (Å²) in [4.78, 5) is 20.2. The van der Waals surface area contributed by atoms with E-state index in [1.807, 2.05) is 19.1 Å². The van der Waals surface area contributed by atoms with Gasteiger partial charge in [0.25, 0.3) is 0 Å². The molecule has 18 heavy (non-hydrogen) atoms. The number of hydrogen-bond donors (Lipinski definition) is 0. The molecular weight excluding hydrogens is 226 g/mol. The third-order valence-corrected chi connectivity index (χ3v) is 3.00. The molecule has 0 unspecified atom stereocenters. The molecule has 0 N–H and O–H groups in total. The lowest BCUT2D eigenvalue weighted by molar-refractivity contribution is -0.119. The number of aryl methyl sites for hydroxylation is 1. The molecule has 0 radical (unpaired) electrons. The minimum Gasteiger partial charge on any atom is -0.313 e. The van der Waals surface area contributed by atoms with Gasteiger partial charge < -0.3 is 4.90 Å². The van der Waals surface area contributed by atoms with Gasteiger partial charge in [0.05, 0.1) is 18.4 Å². The van der Waals surface area contributed by atoms with E-state index in [-0.39, 0.29) is 5.91 Å². The van der Waals surface area contributed by atoms with Gasteiger partial charge >= 0.3 is 0 Å². The Hall–Kier alpha value is -1.42. The molecule has 0 saturated heterocycles. The second kappa shape index (κ2) is 7.11. The molecule has 1 heterocycles. The molecule has 4 nitrogen and oxygen atoms in total. The summed E-state index contributed by atoms with van der Waals surface area (Å²) in [5.41, 5.74) is 1.80. The monoisotopic (exact) mass is 249 g/mol. The Kier molecular flexibility index (Phi) is 5.78. The maximum atomic E-state index is 12.1. The van der Waals surface area contributed by atoms with Crippen LogP contribution in [0.5, 0.6) is 0 Å². The molecule has 0 aromatic carbocycles. The third-order valence-electron chi connectivity index (χ3n) is 3.00. The second-order valence-electron chi connectivity index (χ2n) is 4.48. The Morgan fingerprint density at radius 2 is 2.06 bits per heavy atom. The Balaban J connectivity index is 2.63. The third kappa shape index (κ3) is 4.11. The number of carbonyl (C=O) groups excluding carboxylic acids is 1. The van der Waals surface area contributed by atoms with Crippen LogP contribution in [0.15, 0.2) is 18.3 Å². The lowest BCUT2D eigenvalue weighted by Crippen LogP contribution is -2.38. The molecule has 4 heteroatoms. The predicted molar refractivity (Wildman–Crippen MR) is 74.8 cm³/mol. The van der Waals surface area contributed by atoms with Crippen molar-refractivity contribution in [2.45, 2.75) is 27.2 Å². The van der Waals surface area contributed by atoms with Crippen LogP contribution in [0.25, 0.3) is 0 Å². The molecule has 0 bridgehead atoms. The van der Waals surface area contributed by atoms with Crippen molar-refractivity contribution in [1.29, 1.82) is 0 Å². The lowest BCUT2D eigenvalue weighted by atomic mass is 10.3. The fourth-order valence-electron chi connectivity index (χ4n) is 1.76. The molecule has 0 spiro atoms. The fourth-order valence-corrected chi connectivity index (χ4v) is 1.76. The van der Waals surface area contributed by atoms with Crippen LogP contribution in [0.4, 0.5) is 5.69 Å². The zero-order valence-corrected chi connectivity index (χ0v) is 11.8. The quantitative estimate of drug-likeness (QED) is 0.774. The standard InChI is InChI=1S/C14H23N3O/c1-5-9-17(6-2)11-14(18)16(4)13-8-7-12(3)15-10-13/h7-8,10H,5-6,9,11H2,1-4H3. The number of likely N-dealkylation sites (N-methyl/N-ethyl adjacent to an activating group) is 2. The zero-order chi connectivity index (χ0) is 13.5. The van der Waals surface area contributed by atoms with Gasteiger partial charge in [0.15, 0.2) is 0 Å². The average Bonchev–Trinajstić information content (AvgIpc) is 2.38. The van der Waals surface area contributed by atoms with Crippen LogP contribution < -0.4 is 4.90 Å². The van der Waals surface area contributed by atoms with E-state index in [1.54, 1.807) is 18.1 Å². The largest absolute Gasteiger partial charge is 0.313 e. The predicted octanol–water partition coefficient (Wildman–Crippen LogP) is 2.08. The van der Waals surface area contributed by atoms with E-state index in [0.717, 1.165) is 30.9 Å². The normalized spacial score (nSPS) is 10.7. The molecule has 100 valence electrons. The summed E-state index contributed by atoms with van der Waals surface area (Å²) in [6, 6.07) is 3.85. The second-order valence-corrected chi connectivity index (χ2v) is 4.48. The molecule has 0 fully saturated rings. The van der Waals surface area contributed by atoms with E-state index in [9.17, 15) is 4.79 Å². The Bertz CT molecular complexity index is 375. The molecule has 1 aromatic heterocycles. The number of anilines is 1. The van der Waals surface area contributed by atoms with Crippen LogP contribution in [0, 0.1) is 6.92 Å². The molecule has 0 aliphatic heterocycles. The van der Waals surface area contributed by atoms with Crippen LogP contribution in [-0.4, -0.2) is 42.5 Å². The fraction of sp³-hybridized carbons (Fsp3) is 0.571. The number of rotatable bonds is 6. The highest BCUT2D eigenvalue weighted by atomic mass is 16.2. The van der Waals surface area contributed by atoms with E-state index in [0.29, 0.717) is 6.54 Å². The van der Waals surface area contributed by atoms with Gasteiger partial charge in [-0.3, -0.25) is 14.7 Å². The van der Waals surface area contributed by atoms with Crippen molar-refractivity contribution < 1.29 is 4.79 Å². The number of carbonyl (C=O) groups is 1. The van der Waals surface area contributed by atoms with Crippen molar-refractivity contribution in [2.24, 2.45) is 0 Å². The van der Waals surface area contributed by atoms with Gasteiger partial charge in [-0.05, 0) is 38.6 Å². The van der Waals surface area contributed by atoms with Gasteiger partial charge in [-0.2, -0.15) is 0 Å². The van der Waals surface area contributed by atoms with Gasteiger partial charge in [0, 0.05) is 12.7 Å². The smallest absolute Gasteiger partial charge is 0.240 e. The Labute approximate surface area is 110 Å². The zero-order valence-electron chi connectivity index (χ0n) is 11.8. The van der Waals surface area contributed by atoms with Crippen molar-refractivity contribution in [2.75, 3.05) is 31.6 Å². The summed E-state index contributed by atoms with van der Waals surface area (Å²) in [5.74, 6) is 0.107. The van der Waals surface area contributed by atoms with Crippen molar-refractivity contribution in [3.63, 3.8) is 0 Å². The molecule has 0 atom stereocenters. The summed E-state index contributed by atoms with van der Waals surface area (Å²) in [5, 5.41) is 0. The minimum absolute atomic E-state index is 0.107. The van der Waals surface area contributed by atoms with E-state index in [2.05, 4.69) is 23.7 Å². The summed E-state index contributed by atoms with van der Waals surface area (Å²) >= 11 is 0. The molecule has 0 aliphatic carbocycles. The maximum Gasteiger partial charge on any atom is 0.240 e. The molecule has 1 amide bonds. The van der Waals surface area contributed by atoms with Crippen molar-refractivity contribution in [1.82, 2.24) is 9.88 Å². The Morgan fingerprint density at radius 3 is 2.56 bits per heavy atom. The SMILES string of the molecule is CCCN(CC)CC(=O)N(C)c1ccc(C)nc1. The molecule has 0 saturated carbocycles. The van der Waals surface area contributed by atoms with Gasteiger partial charge in [0.2, 0.25) is 5.91 Å². The highest BCUT2D eigenvalue weighted by Crippen LogP contribution is 2.11. The topological polar surface area (TPSA) is 36.4 Å². The van der Waals surface area contributed by atoms with Gasteiger partial charge in [-0.1, -0.05) is 13.8 Å². The number of nitrogens with zero attached hydrogens (tertiary/aromatic N) is 3. The first-order valence-corrected chi connectivity index (χ1v) is 6.50. The number of hydrogen-bond acceptors (Lipinski definition) is 3. The van der Waals surface area contributed by atoms with Crippen LogP contribution in [0.1, 0.15) is 26.0 Å². The van der Waals surface area contributed by atoms with Crippen LogP contribution in [-0.2, 0) is 4.79 Å². The summed E-state index contributed by atoms with van der Waals surface area (Å²) < 4.78 is 0. The molecule has 1 aromatic rings. The highest BCUT2D eigenvalue weighted by molar-refractivity contribution is 5.94. The summed E-state index contributed by atoms with van der Waals surface area (Å²) in [6.45, 7) is 8.47. The molecule has 1 rings (SSSR count). The van der Waals surface area contributed by atoms with E-state index < -0.39 is 0 Å². The first kappa shape index (κ1) is 14.6. The summed E-state index contributed by atoms with van der Waals surface area (Å²) in [6.07, 6.45) is 2.81. The highest BCUT2D eigenvalue weighted by Gasteiger charge is 2.14. The van der Waals surface area contributed by atoms with E-state index in [1.165, 1.54) is 0 Å². The van der Waals surface area contributed by atoms with Gasteiger partial charge in [0.1, 0.15) is 0 Å². The number of amides is 1. The first-order chi connectivity index (χ1) is 8.58. The number of pyridine rings is 1. The van der Waals surface area contributed by atoms with E-state index in [4.69, 9.17) is 0 Å². The lowest BCUT2D eigenvalue weighted by Gasteiger charge is -2.23. The summed E-state index contributed by atoms with van der Waals surface area (Å²) in [7, 11) is 1.80. The van der Waals surface area contributed by atoms with Crippen molar-refractivity contribution in [3.05, 3.63) is 24.0 Å². The van der Waals surface area contributed by atoms with Crippen LogP contribution in [0.3, 0.4) is 0 Å². The first-order valence-electron chi connectivity index (χ1n) is 6.50. The number of aromatic nitrogens is 1. The van der Waals surface area contributed by atoms with Crippen LogP contribution >= 0.6 is 0 Å². The van der Waals surface area contributed by atoms with Crippen LogP contribution in [0.2, 0.25) is 0 Å². The minimum atomic E-state index is 0.107. The Morgan fingerprint density at radius 1 is 1.33 bits per heavy atom. The maximum absolute atomic E-state index is 12.1. The molecular formula is C14H23N3O. The van der Waals surface area contributed by atoms with E-state index >= 15 is 0 Å². The van der Waals surface area contributed by atoms with Crippen molar-refractivity contribution >= 4 is 11.6 Å². The van der Waals surface area contributed by atoms with Crippen molar-refractivity contribution in [3.8, 4) is 0 Å². The van der Waals surface area contributed by atoms with Gasteiger partial charge in [-0.25, -0.2) is 0 Å². The average molecular weight is 249 g/mol.